The van der Waals surface area contributed by atoms with Crippen LogP contribution in [0.4, 0.5) is 14.5 Å². The van der Waals surface area contributed by atoms with Crippen molar-refractivity contribution in [2.24, 2.45) is 0 Å². The summed E-state index contributed by atoms with van der Waals surface area (Å²) in [5, 5.41) is 6.89. The lowest BCUT2D eigenvalue weighted by atomic mass is 10.1. The quantitative estimate of drug-likeness (QED) is 0.703. The number of nitrogens with one attached hydrogen (secondary N) is 1. The third kappa shape index (κ3) is 4.33. The van der Waals surface area contributed by atoms with Crippen LogP contribution in [0.15, 0.2) is 59.1 Å². The maximum atomic E-state index is 12.2. The molecule has 0 atom stereocenters. The Kier molecular flexibility index (Phi) is 4.95. The first kappa shape index (κ1) is 16.9. The zero-order valence-electron chi connectivity index (χ0n) is 12.6. The Morgan fingerprint density at radius 3 is 2.44 bits per heavy atom. The Morgan fingerprint density at radius 1 is 1.12 bits per heavy atom. The molecule has 1 heterocycles. The molecule has 0 saturated heterocycles. The highest BCUT2D eigenvalue weighted by molar-refractivity contribution is 6.30. The number of benzene rings is 2. The van der Waals surface area contributed by atoms with Gasteiger partial charge in [0.05, 0.1) is 0 Å². The molecule has 1 amide bonds. The van der Waals surface area contributed by atoms with Gasteiger partial charge in [0.2, 0.25) is 0 Å². The SMILES string of the molecule is O=C(Nc1ccc(OC(F)F)cc1)c1cc(-c2ccc(Cl)cc2)on1. The molecular weight excluding hydrogens is 354 g/mol. The fraction of sp³-hybridized carbons (Fsp3) is 0.0588. The summed E-state index contributed by atoms with van der Waals surface area (Å²) in [4.78, 5) is 12.2. The van der Waals surface area contributed by atoms with Gasteiger partial charge in [-0.05, 0) is 48.5 Å². The van der Waals surface area contributed by atoms with E-state index in [9.17, 15) is 13.6 Å². The number of aromatic nitrogens is 1. The van der Waals surface area contributed by atoms with Crippen LogP contribution in [0, 0.1) is 0 Å². The third-order valence-electron chi connectivity index (χ3n) is 3.21. The van der Waals surface area contributed by atoms with Crippen LogP contribution in [-0.2, 0) is 0 Å². The molecule has 0 saturated carbocycles. The van der Waals surface area contributed by atoms with Gasteiger partial charge in [0.25, 0.3) is 5.91 Å². The van der Waals surface area contributed by atoms with E-state index in [1.54, 1.807) is 24.3 Å². The minimum absolute atomic E-state index is 0.000500. The number of nitrogens with zero attached hydrogens (tertiary/aromatic N) is 1. The molecule has 3 aromatic rings. The predicted octanol–water partition coefficient (Wildman–Crippen LogP) is 4.85. The highest BCUT2D eigenvalue weighted by Gasteiger charge is 2.14. The highest BCUT2D eigenvalue weighted by atomic mass is 35.5. The lowest BCUT2D eigenvalue weighted by Gasteiger charge is -2.06. The van der Waals surface area contributed by atoms with E-state index in [-0.39, 0.29) is 11.4 Å². The van der Waals surface area contributed by atoms with Gasteiger partial charge in [0.1, 0.15) is 5.75 Å². The molecule has 0 bridgehead atoms. The van der Waals surface area contributed by atoms with Gasteiger partial charge in [-0.1, -0.05) is 16.8 Å². The van der Waals surface area contributed by atoms with Crippen LogP contribution >= 0.6 is 11.6 Å². The number of amides is 1. The molecule has 0 fully saturated rings. The number of hydrogen-bond acceptors (Lipinski definition) is 4. The number of ether oxygens (including phenoxy) is 1. The molecule has 3 rings (SSSR count). The number of halogens is 3. The van der Waals surface area contributed by atoms with Crippen molar-refractivity contribution in [2.45, 2.75) is 6.61 Å². The largest absolute Gasteiger partial charge is 0.435 e. The second kappa shape index (κ2) is 7.31. The standard InChI is InChI=1S/C17H11ClF2N2O3/c18-11-3-1-10(2-4-11)15-9-14(22-25-15)16(23)21-12-5-7-13(8-6-12)24-17(19)20/h1-9,17H,(H,21,23). The van der Waals surface area contributed by atoms with Crippen molar-refractivity contribution in [1.82, 2.24) is 5.16 Å². The second-order valence-corrected chi connectivity index (χ2v) is 5.38. The second-order valence-electron chi connectivity index (χ2n) is 4.94. The maximum absolute atomic E-state index is 12.2. The van der Waals surface area contributed by atoms with Gasteiger partial charge in [-0.2, -0.15) is 8.78 Å². The number of carbonyl (C=O) groups excluding carboxylic acids is 1. The summed E-state index contributed by atoms with van der Waals surface area (Å²) in [6.45, 7) is -2.90. The van der Waals surface area contributed by atoms with Crippen LogP contribution in [0.2, 0.25) is 5.02 Å². The van der Waals surface area contributed by atoms with Crippen LogP contribution in [-0.4, -0.2) is 17.7 Å². The van der Waals surface area contributed by atoms with Crippen molar-refractivity contribution in [1.29, 1.82) is 0 Å². The lowest BCUT2D eigenvalue weighted by molar-refractivity contribution is -0.0498. The van der Waals surface area contributed by atoms with E-state index >= 15 is 0 Å². The minimum Gasteiger partial charge on any atom is -0.435 e. The van der Waals surface area contributed by atoms with Crippen LogP contribution in [0.5, 0.6) is 5.75 Å². The van der Waals surface area contributed by atoms with Crippen molar-refractivity contribution < 1.29 is 22.8 Å². The monoisotopic (exact) mass is 364 g/mol. The normalized spacial score (nSPS) is 10.7. The van der Waals surface area contributed by atoms with Gasteiger partial charge < -0.3 is 14.6 Å². The molecule has 0 aliphatic rings. The first-order valence-corrected chi connectivity index (χ1v) is 7.48. The van der Waals surface area contributed by atoms with E-state index in [1.807, 2.05) is 0 Å². The van der Waals surface area contributed by atoms with Gasteiger partial charge in [0.15, 0.2) is 11.5 Å². The number of rotatable bonds is 5. The summed E-state index contributed by atoms with van der Waals surface area (Å²) < 4.78 is 33.6. The third-order valence-corrected chi connectivity index (χ3v) is 3.46. The molecule has 0 aliphatic carbocycles. The minimum atomic E-state index is -2.90. The average Bonchev–Trinajstić information content (AvgIpc) is 3.07. The number of hydrogen-bond donors (Lipinski definition) is 1. The molecule has 0 spiro atoms. The molecule has 1 N–H and O–H groups in total. The molecule has 128 valence electrons. The van der Waals surface area contributed by atoms with Crippen molar-refractivity contribution >= 4 is 23.2 Å². The van der Waals surface area contributed by atoms with Crippen LogP contribution < -0.4 is 10.1 Å². The molecule has 25 heavy (non-hydrogen) atoms. The van der Waals surface area contributed by atoms with Gasteiger partial charge in [0, 0.05) is 22.3 Å². The Balaban J connectivity index is 1.68. The van der Waals surface area contributed by atoms with Crippen LogP contribution in [0.3, 0.4) is 0 Å². The molecule has 1 aromatic heterocycles. The highest BCUT2D eigenvalue weighted by Crippen LogP contribution is 2.23. The lowest BCUT2D eigenvalue weighted by Crippen LogP contribution is -2.12. The Hall–Kier alpha value is -2.93. The van der Waals surface area contributed by atoms with E-state index in [4.69, 9.17) is 16.1 Å². The maximum Gasteiger partial charge on any atom is 0.387 e. The fourth-order valence-corrected chi connectivity index (χ4v) is 2.17. The summed E-state index contributed by atoms with van der Waals surface area (Å²) >= 11 is 5.82. The van der Waals surface area contributed by atoms with Crippen molar-refractivity contribution in [2.75, 3.05) is 5.32 Å². The van der Waals surface area contributed by atoms with Crippen molar-refractivity contribution in [3.63, 3.8) is 0 Å². The first-order chi connectivity index (χ1) is 12.0. The Bertz CT molecular complexity index is 864. The number of carbonyl (C=O) groups is 1. The summed E-state index contributed by atoms with van der Waals surface area (Å²) in [5.41, 5.74) is 1.21. The van der Waals surface area contributed by atoms with Gasteiger partial charge in [-0.15, -0.1) is 0 Å². The first-order valence-electron chi connectivity index (χ1n) is 7.10. The van der Waals surface area contributed by atoms with Crippen molar-refractivity contribution in [3.05, 3.63) is 65.3 Å². The smallest absolute Gasteiger partial charge is 0.387 e. The molecule has 8 heteroatoms. The van der Waals surface area contributed by atoms with E-state index < -0.39 is 12.5 Å². The molecule has 0 aliphatic heterocycles. The zero-order chi connectivity index (χ0) is 17.8. The van der Waals surface area contributed by atoms with E-state index in [0.29, 0.717) is 16.5 Å². The molecule has 2 aromatic carbocycles. The Morgan fingerprint density at radius 2 is 1.80 bits per heavy atom. The van der Waals surface area contributed by atoms with Gasteiger partial charge in [-0.25, -0.2) is 0 Å². The fourth-order valence-electron chi connectivity index (χ4n) is 2.05. The van der Waals surface area contributed by atoms with Gasteiger partial charge >= 0.3 is 6.61 Å². The van der Waals surface area contributed by atoms with Crippen LogP contribution in [0.25, 0.3) is 11.3 Å². The summed E-state index contributed by atoms with van der Waals surface area (Å²) in [7, 11) is 0. The average molecular weight is 365 g/mol. The molecule has 5 nitrogen and oxygen atoms in total. The van der Waals surface area contributed by atoms with Crippen LogP contribution in [0.1, 0.15) is 10.5 Å². The van der Waals surface area contributed by atoms with Gasteiger partial charge in [-0.3, -0.25) is 4.79 Å². The summed E-state index contributed by atoms with van der Waals surface area (Å²) in [6, 6.07) is 13.9. The number of anilines is 1. The molecule has 0 unspecified atom stereocenters. The summed E-state index contributed by atoms with van der Waals surface area (Å²) in [6.07, 6.45) is 0. The van der Waals surface area contributed by atoms with E-state index in [0.717, 1.165) is 5.56 Å². The Labute approximate surface area is 146 Å². The summed E-state index contributed by atoms with van der Waals surface area (Å²) in [5.74, 6) is -0.0755. The number of alkyl halides is 2. The van der Waals surface area contributed by atoms with E-state index in [2.05, 4.69) is 15.2 Å². The zero-order valence-corrected chi connectivity index (χ0v) is 13.3. The molecular formula is C17H11ClF2N2O3. The van der Waals surface area contributed by atoms with Crippen molar-refractivity contribution in [3.8, 4) is 17.1 Å². The van der Waals surface area contributed by atoms with E-state index in [1.165, 1.54) is 30.3 Å². The molecule has 0 radical (unpaired) electrons. The topological polar surface area (TPSA) is 64.4 Å². The predicted molar refractivity (Wildman–Crippen MR) is 88.0 cm³/mol.